The Morgan fingerprint density at radius 2 is 1.08 bits per heavy atom. The summed E-state index contributed by atoms with van der Waals surface area (Å²) in [5, 5.41) is 0. The number of aryl methyl sites for hydroxylation is 2. The Kier molecular flexibility index (Phi) is 7.79. The molecule has 3 fully saturated rings. The first kappa shape index (κ1) is 25.0. The minimum Gasteiger partial charge on any atom is -0.455 e. The Hall–Kier alpha value is -2.62. The van der Waals surface area contributed by atoms with Crippen LogP contribution in [-0.2, 0) is 22.3 Å². The Morgan fingerprint density at radius 1 is 0.667 bits per heavy atom. The van der Waals surface area contributed by atoms with Gasteiger partial charge in [-0.3, -0.25) is 0 Å². The molecule has 2 bridgehead atoms. The van der Waals surface area contributed by atoms with Gasteiger partial charge in [-0.25, -0.2) is 9.59 Å². The average molecular weight is 489 g/mol. The summed E-state index contributed by atoms with van der Waals surface area (Å²) >= 11 is 0. The lowest BCUT2D eigenvalue weighted by Gasteiger charge is -2.37. The quantitative estimate of drug-likeness (QED) is 0.332. The van der Waals surface area contributed by atoms with E-state index < -0.39 is 0 Å². The van der Waals surface area contributed by atoms with E-state index in [1.54, 1.807) is 0 Å². The topological polar surface area (TPSA) is 52.6 Å². The van der Waals surface area contributed by atoms with Crippen molar-refractivity contribution in [3.63, 3.8) is 0 Å². The van der Waals surface area contributed by atoms with E-state index in [1.165, 1.54) is 30.4 Å². The summed E-state index contributed by atoms with van der Waals surface area (Å²) in [6.45, 7) is 4.36. The van der Waals surface area contributed by atoms with E-state index in [0.717, 1.165) is 44.9 Å². The van der Waals surface area contributed by atoms with Crippen LogP contribution < -0.4 is 0 Å². The summed E-state index contributed by atoms with van der Waals surface area (Å²) in [4.78, 5) is 26.3. The summed E-state index contributed by atoms with van der Waals surface area (Å²) in [7, 11) is 0. The second-order valence-corrected chi connectivity index (χ2v) is 11.2. The lowest BCUT2D eigenvalue weighted by atomic mass is 9.78. The van der Waals surface area contributed by atoms with Gasteiger partial charge in [0, 0.05) is 11.8 Å². The highest BCUT2D eigenvalue weighted by Crippen LogP contribution is 2.60. The fourth-order valence-corrected chi connectivity index (χ4v) is 7.06. The normalized spacial score (nSPS) is 28.2. The highest BCUT2D eigenvalue weighted by Gasteiger charge is 2.62. The van der Waals surface area contributed by atoms with E-state index in [1.807, 2.05) is 48.5 Å². The summed E-state index contributed by atoms with van der Waals surface area (Å²) in [5.41, 5.74) is 3.65. The molecule has 3 saturated carbocycles. The standard InChI is InChI=1S/C32H40O4/c1-3-5-8-21-12-16-23(17-13-21)31(33)35-29-27-20-28(26-11-7-10-25(26)27)30(29)36-32(34)24-18-14-22(15-19-24)9-6-4-2/h12-19,25-30H,3-11,20H2,1-2H3. The van der Waals surface area contributed by atoms with Gasteiger partial charge in [0.25, 0.3) is 0 Å². The van der Waals surface area contributed by atoms with Gasteiger partial charge in [0.05, 0.1) is 11.1 Å². The number of rotatable bonds is 10. The molecule has 0 heterocycles. The van der Waals surface area contributed by atoms with E-state index >= 15 is 0 Å². The first-order chi connectivity index (χ1) is 17.6. The fourth-order valence-electron chi connectivity index (χ4n) is 7.06. The van der Waals surface area contributed by atoms with Gasteiger partial charge in [0.2, 0.25) is 0 Å². The Balaban J connectivity index is 1.29. The minimum atomic E-state index is -0.352. The maximum atomic E-state index is 13.2. The van der Waals surface area contributed by atoms with E-state index in [-0.39, 0.29) is 24.1 Å². The first-order valence-electron chi connectivity index (χ1n) is 14.2. The van der Waals surface area contributed by atoms with E-state index in [2.05, 4.69) is 13.8 Å². The molecule has 0 aromatic heterocycles. The van der Waals surface area contributed by atoms with Crippen LogP contribution in [0, 0.1) is 23.7 Å². The van der Waals surface area contributed by atoms with Crippen molar-refractivity contribution in [3.8, 4) is 0 Å². The van der Waals surface area contributed by atoms with Crippen molar-refractivity contribution in [2.45, 2.75) is 90.3 Å². The number of unbranched alkanes of at least 4 members (excludes halogenated alkanes) is 2. The molecule has 2 aromatic carbocycles. The van der Waals surface area contributed by atoms with Gasteiger partial charge < -0.3 is 9.47 Å². The van der Waals surface area contributed by atoms with Crippen LogP contribution in [0.1, 0.15) is 97.1 Å². The number of fused-ring (bicyclic) bond motifs is 5. The fraction of sp³-hybridized carbons (Fsp3) is 0.562. The summed E-state index contributed by atoms with van der Waals surface area (Å²) in [6, 6.07) is 15.6. The van der Waals surface area contributed by atoms with Crippen LogP contribution in [0.3, 0.4) is 0 Å². The van der Waals surface area contributed by atoms with Gasteiger partial charge in [-0.15, -0.1) is 0 Å². The van der Waals surface area contributed by atoms with Crippen LogP contribution in [-0.4, -0.2) is 24.1 Å². The molecule has 4 nitrogen and oxygen atoms in total. The second kappa shape index (κ2) is 11.2. The van der Waals surface area contributed by atoms with E-state index in [4.69, 9.17) is 9.47 Å². The molecule has 0 amide bonds. The zero-order valence-corrected chi connectivity index (χ0v) is 21.8. The van der Waals surface area contributed by atoms with Gasteiger partial charge >= 0.3 is 11.9 Å². The van der Waals surface area contributed by atoms with Crippen LogP contribution in [0.25, 0.3) is 0 Å². The molecule has 5 rings (SSSR count). The van der Waals surface area contributed by atoms with E-state index in [9.17, 15) is 9.59 Å². The SMILES string of the molecule is CCCCc1ccc(C(=O)OC2C3CC(C4CCCC43)C2OC(=O)c2ccc(CCCC)cc2)cc1. The van der Waals surface area contributed by atoms with Crippen molar-refractivity contribution in [1.82, 2.24) is 0 Å². The molecule has 6 unspecified atom stereocenters. The Labute approximate surface area is 215 Å². The number of carbonyl (C=O) groups is 2. The number of hydrogen-bond acceptors (Lipinski definition) is 4. The van der Waals surface area contributed by atoms with Crippen LogP contribution >= 0.6 is 0 Å². The molecule has 3 aliphatic carbocycles. The molecule has 0 radical (unpaired) electrons. The van der Waals surface area contributed by atoms with Crippen LogP contribution in [0.2, 0.25) is 0 Å². The first-order valence-corrected chi connectivity index (χ1v) is 14.2. The number of ether oxygens (including phenoxy) is 2. The van der Waals surface area contributed by atoms with Crippen molar-refractivity contribution in [3.05, 3.63) is 70.8 Å². The smallest absolute Gasteiger partial charge is 0.338 e. The largest absolute Gasteiger partial charge is 0.455 e. The molecule has 36 heavy (non-hydrogen) atoms. The van der Waals surface area contributed by atoms with Crippen molar-refractivity contribution in [1.29, 1.82) is 0 Å². The third-order valence-corrected chi connectivity index (χ3v) is 8.94. The van der Waals surface area contributed by atoms with Gasteiger partial charge in [0.15, 0.2) is 0 Å². The maximum absolute atomic E-state index is 13.2. The predicted molar refractivity (Wildman–Crippen MR) is 141 cm³/mol. The van der Waals surface area contributed by atoms with Crippen molar-refractivity contribution in [2.24, 2.45) is 23.7 Å². The van der Waals surface area contributed by atoms with Gasteiger partial charge in [-0.05, 0) is 92.2 Å². The lowest BCUT2D eigenvalue weighted by Crippen LogP contribution is -2.45. The Morgan fingerprint density at radius 3 is 1.47 bits per heavy atom. The highest BCUT2D eigenvalue weighted by atomic mass is 16.6. The number of carbonyl (C=O) groups excluding carboxylic acids is 2. The molecular weight excluding hydrogens is 448 g/mol. The number of esters is 2. The molecular formula is C32H40O4. The molecule has 192 valence electrons. The van der Waals surface area contributed by atoms with Crippen molar-refractivity contribution >= 4 is 11.9 Å². The molecule has 0 N–H and O–H groups in total. The zero-order chi connectivity index (χ0) is 25.1. The third-order valence-electron chi connectivity index (χ3n) is 8.94. The van der Waals surface area contributed by atoms with Crippen LogP contribution in [0.4, 0.5) is 0 Å². The predicted octanol–water partition coefficient (Wildman–Crippen LogP) is 7.19. The molecule has 3 aliphatic rings. The molecule has 6 atom stereocenters. The molecule has 0 aliphatic heterocycles. The third kappa shape index (κ3) is 5.10. The molecule has 2 aromatic rings. The number of hydrogen-bond donors (Lipinski definition) is 0. The molecule has 0 spiro atoms. The monoisotopic (exact) mass is 488 g/mol. The summed E-state index contributed by atoms with van der Waals surface area (Å²) in [5.74, 6) is 1.18. The van der Waals surface area contributed by atoms with Gasteiger partial charge in [-0.1, -0.05) is 57.4 Å². The lowest BCUT2D eigenvalue weighted by molar-refractivity contribution is -0.0766. The van der Waals surface area contributed by atoms with Gasteiger partial charge in [-0.2, -0.15) is 0 Å². The zero-order valence-electron chi connectivity index (χ0n) is 21.8. The van der Waals surface area contributed by atoms with E-state index in [0.29, 0.717) is 34.8 Å². The average Bonchev–Trinajstić information content (AvgIpc) is 3.60. The van der Waals surface area contributed by atoms with Crippen molar-refractivity contribution < 1.29 is 19.1 Å². The number of benzene rings is 2. The second-order valence-electron chi connectivity index (χ2n) is 11.2. The maximum Gasteiger partial charge on any atom is 0.338 e. The van der Waals surface area contributed by atoms with Crippen LogP contribution in [0.15, 0.2) is 48.5 Å². The Bertz CT molecular complexity index is 957. The molecule has 0 saturated heterocycles. The summed E-state index contributed by atoms with van der Waals surface area (Å²) < 4.78 is 12.3. The van der Waals surface area contributed by atoms with Crippen LogP contribution in [0.5, 0.6) is 0 Å². The van der Waals surface area contributed by atoms with Gasteiger partial charge in [0.1, 0.15) is 12.2 Å². The van der Waals surface area contributed by atoms with Crippen molar-refractivity contribution in [2.75, 3.05) is 0 Å². The molecule has 4 heteroatoms. The highest BCUT2D eigenvalue weighted by molar-refractivity contribution is 5.90. The summed E-state index contributed by atoms with van der Waals surface area (Å²) in [6.07, 6.45) is 10.6. The minimum absolute atomic E-state index is 0.296.